The Bertz CT molecular complexity index is 1050. The van der Waals surface area contributed by atoms with Crippen LogP contribution >= 0.6 is 0 Å². The maximum atomic E-state index is 11.9. The van der Waals surface area contributed by atoms with Gasteiger partial charge in [-0.15, -0.1) is 0 Å². The molecule has 1 aliphatic carbocycles. The molecule has 0 saturated heterocycles. The number of esters is 1. The van der Waals surface area contributed by atoms with Gasteiger partial charge in [-0.3, -0.25) is 0 Å². The molecule has 0 unspecified atom stereocenters. The van der Waals surface area contributed by atoms with Crippen molar-refractivity contribution in [1.82, 2.24) is 9.97 Å². The number of fused-ring (bicyclic) bond motifs is 3. The molecule has 0 spiro atoms. The molecule has 1 aliphatic rings. The van der Waals surface area contributed by atoms with Gasteiger partial charge in [0, 0.05) is 31.6 Å². The van der Waals surface area contributed by atoms with Crippen LogP contribution in [-0.2, 0) is 17.6 Å². The van der Waals surface area contributed by atoms with E-state index in [2.05, 4.69) is 17.4 Å². The number of anilines is 1. The first kappa shape index (κ1) is 20.0. The highest BCUT2D eigenvalue weighted by atomic mass is 16.5. The Hall–Kier alpha value is -3.25. The zero-order valence-corrected chi connectivity index (χ0v) is 17.0. The van der Waals surface area contributed by atoms with Crippen LogP contribution in [0.2, 0.25) is 0 Å². The van der Waals surface area contributed by atoms with Gasteiger partial charge in [0.15, 0.2) is 0 Å². The minimum atomic E-state index is -0.341. The molecule has 1 aromatic heterocycles. The highest BCUT2D eigenvalue weighted by Gasteiger charge is 2.26. The molecule has 6 nitrogen and oxygen atoms in total. The van der Waals surface area contributed by atoms with E-state index in [1.165, 1.54) is 7.11 Å². The average Bonchev–Trinajstić information content (AvgIpc) is 3.14. The van der Waals surface area contributed by atoms with Gasteiger partial charge in [-0.05, 0) is 41.7 Å². The molecule has 0 amide bonds. The van der Waals surface area contributed by atoms with Crippen LogP contribution in [0, 0.1) is 0 Å². The maximum Gasteiger partial charge on any atom is 0.337 e. The number of carbonyl (C=O) groups excluding carboxylic acids is 1. The monoisotopic (exact) mass is 403 g/mol. The first-order valence-electron chi connectivity index (χ1n) is 10.2. The molecule has 4 rings (SSSR count). The SMILES string of the molecule is COC(=O)c1ccc2c(c1)Cc1nc(Cc3ccccc3)nc(NCCCCO)c1-2. The number of nitrogens with one attached hydrogen (secondary N) is 1. The summed E-state index contributed by atoms with van der Waals surface area (Å²) in [6.07, 6.45) is 2.92. The first-order chi connectivity index (χ1) is 14.7. The van der Waals surface area contributed by atoms with Gasteiger partial charge >= 0.3 is 5.97 Å². The number of hydrogen-bond acceptors (Lipinski definition) is 6. The van der Waals surface area contributed by atoms with Gasteiger partial charge in [0.25, 0.3) is 0 Å². The van der Waals surface area contributed by atoms with Crippen molar-refractivity contribution in [3.8, 4) is 11.1 Å². The summed E-state index contributed by atoms with van der Waals surface area (Å²) in [5.41, 5.74) is 5.78. The third-order valence-corrected chi connectivity index (χ3v) is 5.27. The van der Waals surface area contributed by atoms with Crippen molar-refractivity contribution in [2.45, 2.75) is 25.7 Å². The molecule has 154 valence electrons. The number of hydrogen-bond donors (Lipinski definition) is 2. The van der Waals surface area contributed by atoms with Crippen molar-refractivity contribution in [2.75, 3.05) is 25.6 Å². The number of aliphatic hydroxyl groups excluding tert-OH is 1. The lowest BCUT2D eigenvalue weighted by atomic mass is 10.0. The number of rotatable bonds is 8. The quantitative estimate of drug-likeness (QED) is 0.345. The molecule has 0 atom stereocenters. The molecule has 2 N–H and O–H groups in total. The number of unbranched alkanes of at least 4 members (excludes halogenated alkanes) is 1. The van der Waals surface area contributed by atoms with Crippen molar-refractivity contribution in [3.05, 3.63) is 76.7 Å². The van der Waals surface area contributed by atoms with Crippen LogP contribution in [0.1, 0.15) is 45.8 Å². The summed E-state index contributed by atoms with van der Waals surface area (Å²) >= 11 is 0. The van der Waals surface area contributed by atoms with Crippen molar-refractivity contribution < 1.29 is 14.6 Å². The Morgan fingerprint density at radius 3 is 2.73 bits per heavy atom. The number of aromatic nitrogens is 2. The molecule has 30 heavy (non-hydrogen) atoms. The fraction of sp³-hybridized carbons (Fsp3) is 0.292. The smallest absolute Gasteiger partial charge is 0.337 e. The minimum Gasteiger partial charge on any atom is -0.465 e. The lowest BCUT2D eigenvalue weighted by Gasteiger charge is -2.13. The molecule has 0 fully saturated rings. The van der Waals surface area contributed by atoms with Gasteiger partial charge in [-0.1, -0.05) is 36.4 Å². The summed E-state index contributed by atoms with van der Waals surface area (Å²) in [7, 11) is 1.39. The normalized spacial score (nSPS) is 11.7. The summed E-state index contributed by atoms with van der Waals surface area (Å²) in [6.45, 7) is 0.909. The largest absolute Gasteiger partial charge is 0.465 e. The zero-order chi connectivity index (χ0) is 20.9. The Labute approximate surface area is 176 Å². The number of ether oxygens (including phenoxy) is 1. The van der Waals surface area contributed by atoms with Crippen LogP contribution in [0.5, 0.6) is 0 Å². The number of aliphatic hydroxyl groups is 1. The summed E-state index contributed by atoms with van der Waals surface area (Å²) in [5, 5.41) is 12.5. The van der Waals surface area contributed by atoms with Crippen LogP contribution in [-0.4, -0.2) is 41.3 Å². The van der Waals surface area contributed by atoms with E-state index in [9.17, 15) is 4.79 Å². The molecule has 0 saturated carbocycles. The van der Waals surface area contributed by atoms with E-state index in [0.29, 0.717) is 18.4 Å². The van der Waals surface area contributed by atoms with Crippen LogP contribution in [0.25, 0.3) is 11.1 Å². The van der Waals surface area contributed by atoms with Crippen molar-refractivity contribution >= 4 is 11.8 Å². The molecule has 0 bridgehead atoms. The maximum absolute atomic E-state index is 11.9. The first-order valence-corrected chi connectivity index (χ1v) is 10.2. The average molecular weight is 403 g/mol. The van der Waals surface area contributed by atoms with Gasteiger partial charge in [-0.25, -0.2) is 14.8 Å². The lowest BCUT2D eigenvalue weighted by Crippen LogP contribution is -2.10. The molecule has 6 heteroatoms. The number of methoxy groups -OCH3 is 1. The van der Waals surface area contributed by atoms with Crippen molar-refractivity contribution in [2.24, 2.45) is 0 Å². The molecule has 0 aliphatic heterocycles. The van der Waals surface area contributed by atoms with E-state index in [0.717, 1.165) is 59.0 Å². The van der Waals surface area contributed by atoms with Crippen LogP contribution < -0.4 is 5.32 Å². The highest BCUT2D eigenvalue weighted by Crippen LogP contribution is 2.40. The molecule has 0 radical (unpaired) electrons. The summed E-state index contributed by atoms with van der Waals surface area (Å²) in [4.78, 5) is 21.6. The van der Waals surface area contributed by atoms with E-state index < -0.39 is 0 Å². The Morgan fingerprint density at radius 2 is 1.97 bits per heavy atom. The third-order valence-electron chi connectivity index (χ3n) is 5.27. The van der Waals surface area contributed by atoms with Gasteiger partial charge in [-0.2, -0.15) is 0 Å². The molecular formula is C24H25N3O3. The second kappa shape index (κ2) is 9.05. The zero-order valence-electron chi connectivity index (χ0n) is 17.0. The van der Waals surface area contributed by atoms with E-state index in [-0.39, 0.29) is 12.6 Å². The van der Waals surface area contributed by atoms with E-state index in [1.54, 1.807) is 6.07 Å². The standard InChI is InChI=1S/C24H25N3O3/c1-30-24(29)17-9-10-19-18(14-17)15-20-22(19)23(25-11-5-6-12-28)27-21(26-20)13-16-7-3-2-4-8-16/h2-4,7-10,14,28H,5-6,11-13,15H2,1H3,(H,25,26,27). The Morgan fingerprint density at radius 1 is 1.13 bits per heavy atom. The Balaban J connectivity index is 1.69. The highest BCUT2D eigenvalue weighted by molar-refractivity contribution is 5.92. The van der Waals surface area contributed by atoms with Gasteiger partial charge in [0.2, 0.25) is 0 Å². The van der Waals surface area contributed by atoms with E-state index in [1.807, 2.05) is 30.3 Å². The fourth-order valence-corrected chi connectivity index (χ4v) is 3.81. The second-order valence-corrected chi connectivity index (χ2v) is 7.37. The van der Waals surface area contributed by atoms with Crippen molar-refractivity contribution in [1.29, 1.82) is 0 Å². The molecule has 2 aromatic carbocycles. The van der Waals surface area contributed by atoms with E-state index >= 15 is 0 Å². The number of benzene rings is 2. The number of nitrogens with zero attached hydrogens (tertiary/aromatic N) is 2. The van der Waals surface area contributed by atoms with Crippen LogP contribution in [0.15, 0.2) is 48.5 Å². The lowest BCUT2D eigenvalue weighted by molar-refractivity contribution is 0.0600. The molecular weight excluding hydrogens is 378 g/mol. The summed E-state index contributed by atoms with van der Waals surface area (Å²) in [5.74, 6) is 1.24. The summed E-state index contributed by atoms with van der Waals surface area (Å²) < 4.78 is 4.86. The number of carbonyl (C=O) groups is 1. The second-order valence-electron chi connectivity index (χ2n) is 7.37. The van der Waals surface area contributed by atoms with Crippen molar-refractivity contribution in [3.63, 3.8) is 0 Å². The minimum absolute atomic E-state index is 0.182. The predicted molar refractivity (Wildman–Crippen MR) is 116 cm³/mol. The Kier molecular flexibility index (Phi) is 6.05. The van der Waals surface area contributed by atoms with Gasteiger partial charge in [0.1, 0.15) is 11.6 Å². The topological polar surface area (TPSA) is 84.3 Å². The van der Waals surface area contributed by atoms with Gasteiger partial charge in [0.05, 0.1) is 18.4 Å². The molecule has 1 heterocycles. The predicted octanol–water partition coefficient (Wildman–Crippen LogP) is 3.61. The van der Waals surface area contributed by atoms with Crippen LogP contribution in [0.4, 0.5) is 5.82 Å². The van der Waals surface area contributed by atoms with Gasteiger partial charge < -0.3 is 15.2 Å². The third kappa shape index (κ3) is 4.19. The molecule has 3 aromatic rings. The van der Waals surface area contributed by atoms with E-state index in [4.69, 9.17) is 19.8 Å². The fourth-order valence-electron chi connectivity index (χ4n) is 3.81. The summed E-state index contributed by atoms with van der Waals surface area (Å²) in [6, 6.07) is 15.8. The van der Waals surface area contributed by atoms with Crippen LogP contribution in [0.3, 0.4) is 0 Å².